The van der Waals surface area contributed by atoms with Gasteiger partial charge in [-0.15, -0.1) is 0 Å². The average molecular weight is 336 g/mol. The molecule has 1 fully saturated rings. The van der Waals surface area contributed by atoms with Crippen molar-refractivity contribution in [2.24, 2.45) is 5.92 Å². The number of nitrogens with zero attached hydrogens (tertiary/aromatic N) is 1. The van der Waals surface area contributed by atoms with E-state index in [9.17, 15) is 13.2 Å². The number of carbonyl (C=O) groups excluding carboxylic acids is 1. The lowest BCUT2D eigenvalue weighted by Crippen LogP contribution is -2.33. The third-order valence-corrected chi connectivity index (χ3v) is 5.17. The average Bonchev–Trinajstić information content (AvgIpc) is 2.83. The molecule has 0 saturated carbocycles. The summed E-state index contributed by atoms with van der Waals surface area (Å²) in [5.41, 5.74) is 0. The number of hydrogen-bond acceptors (Lipinski definition) is 4. The number of amides is 1. The zero-order chi connectivity index (χ0) is 13.3. The van der Waals surface area contributed by atoms with Gasteiger partial charge in [-0.05, 0) is 34.5 Å². The van der Waals surface area contributed by atoms with Crippen molar-refractivity contribution < 1.29 is 17.6 Å². The van der Waals surface area contributed by atoms with Crippen molar-refractivity contribution >= 4 is 31.7 Å². The minimum atomic E-state index is -3.02. The first kappa shape index (κ1) is 13.6. The molecular weight excluding hydrogens is 322 g/mol. The Hall–Kier alpha value is -0.820. The zero-order valence-corrected chi connectivity index (χ0v) is 12.3. The third kappa shape index (κ3) is 3.14. The summed E-state index contributed by atoms with van der Waals surface area (Å²) in [5.74, 6) is 0.210. The van der Waals surface area contributed by atoms with Crippen molar-refractivity contribution in [1.29, 1.82) is 0 Å². The highest BCUT2D eigenvalue weighted by molar-refractivity contribution is 9.10. The van der Waals surface area contributed by atoms with Gasteiger partial charge in [0, 0.05) is 7.05 Å². The minimum Gasteiger partial charge on any atom is -0.452 e. The van der Waals surface area contributed by atoms with Gasteiger partial charge in [0.25, 0.3) is 0 Å². The maximum absolute atomic E-state index is 12.1. The number of carbonyl (C=O) groups is 1. The summed E-state index contributed by atoms with van der Waals surface area (Å²) in [6.07, 6.45) is 0.424. The molecule has 1 aliphatic rings. The van der Waals surface area contributed by atoms with Crippen molar-refractivity contribution in [1.82, 2.24) is 4.90 Å². The standard InChI is InChI=1S/C11H14BrNO4S/c1-13(6-9-2-3-10(12)17-9)11(14)8-4-5-18(15,16)7-8/h2-3,8H,4-7H2,1H3/t8-/m1/s1. The van der Waals surface area contributed by atoms with E-state index in [1.165, 1.54) is 4.90 Å². The second-order valence-corrected chi connectivity index (χ2v) is 7.51. The van der Waals surface area contributed by atoms with Gasteiger partial charge in [0.15, 0.2) is 14.5 Å². The van der Waals surface area contributed by atoms with Gasteiger partial charge in [-0.3, -0.25) is 4.79 Å². The molecule has 1 aromatic rings. The van der Waals surface area contributed by atoms with Crippen LogP contribution < -0.4 is 0 Å². The van der Waals surface area contributed by atoms with Crippen LogP contribution in [0.2, 0.25) is 0 Å². The van der Waals surface area contributed by atoms with Crippen molar-refractivity contribution in [2.75, 3.05) is 18.6 Å². The van der Waals surface area contributed by atoms with Crippen LogP contribution in [0.4, 0.5) is 0 Å². The predicted octanol–water partition coefficient (Wildman–Crippen LogP) is 1.44. The topological polar surface area (TPSA) is 67.6 Å². The lowest BCUT2D eigenvalue weighted by Gasteiger charge is -2.19. The molecule has 18 heavy (non-hydrogen) atoms. The Labute approximate surface area is 114 Å². The van der Waals surface area contributed by atoms with Gasteiger partial charge in [-0.1, -0.05) is 0 Å². The Bertz CT molecular complexity index is 551. The normalized spacial score (nSPS) is 22.0. The monoisotopic (exact) mass is 335 g/mol. The van der Waals surface area contributed by atoms with E-state index in [1.54, 1.807) is 19.2 Å². The first-order valence-electron chi connectivity index (χ1n) is 5.57. The summed E-state index contributed by atoms with van der Waals surface area (Å²) in [6.45, 7) is 0.348. The number of rotatable bonds is 3. The molecular formula is C11H14BrNO4S. The second-order valence-electron chi connectivity index (χ2n) is 4.50. The summed E-state index contributed by atoms with van der Waals surface area (Å²) in [5, 5.41) is 0. The quantitative estimate of drug-likeness (QED) is 0.838. The van der Waals surface area contributed by atoms with E-state index in [-0.39, 0.29) is 17.4 Å². The highest BCUT2D eigenvalue weighted by Crippen LogP contribution is 2.22. The van der Waals surface area contributed by atoms with Gasteiger partial charge < -0.3 is 9.32 Å². The molecule has 2 rings (SSSR count). The van der Waals surface area contributed by atoms with Crippen LogP contribution in [0.5, 0.6) is 0 Å². The Morgan fingerprint density at radius 2 is 2.28 bits per heavy atom. The number of hydrogen-bond donors (Lipinski definition) is 0. The largest absolute Gasteiger partial charge is 0.452 e. The van der Waals surface area contributed by atoms with E-state index in [4.69, 9.17) is 4.42 Å². The fraction of sp³-hybridized carbons (Fsp3) is 0.545. The molecule has 0 spiro atoms. The molecule has 1 aromatic heterocycles. The smallest absolute Gasteiger partial charge is 0.226 e. The number of sulfone groups is 1. The van der Waals surface area contributed by atoms with E-state index in [1.807, 2.05) is 0 Å². The summed E-state index contributed by atoms with van der Waals surface area (Å²) in [4.78, 5) is 13.6. The van der Waals surface area contributed by atoms with Crippen molar-refractivity contribution in [3.05, 3.63) is 22.6 Å². The van der Waals surface area contributed by atoms with Gasteiger partial charge in [0.1, 0.15) is 5.76 Å². The van der Waals surface area contributed by atoms with E-state index >= 15 is 0 Å². The SMILES string of the molecule is CN(Cc1ccc(Br)o1)C(=O)[C@@H]1CCS(=O)(=O)C1. The Morgan fingerprint density at radius 1 is 1.56 bits per heavy atom. The summed E-state index contributed by atoms with van der Waals surface area (Å²) >= 11 is 3.19. The Morgan fingerprint density at radius 3 is 2.78 bits per heavy atom. The van der Waals surface area contributed by atoms with Crippen LogP contribution in [-0.2, 0) is 21.2 Å². The third-order valence-electron chi connectivity index (χ3n) is 2.98. The van der Waals surface area contributed by atoms with Crippen molar-refractivity contribution in [3.8, 4) is 0 Å². The molecule has 1 saturated heterocycles. The van der Waals surface area contributed by atoms with Crippen LogP contribution in [-0.4, -0.2) is 37.8 Å². The fourth-order valence-corrected chi connectivity index (χ4v) is 4.12. The van der Waals surface area contributed by atoms with Crippen LogP contribution in [0.1, 0.15) is 12.2 Å². The number of furan rings is 1. The van der Waals surface area contributed by atoms with Crippen LogP contribution >= 0.6 is 15.9 Å². The Kier molecular flexibility index (Phi) is 3.82. The molecule has 2 heterocycles. The highest BCUT2D eigenvalue weighted by atomic mass is 79.9. The molecule has 100 valence electrons. The van der Waals surface area contributed by atoms with Crippen LogP contribution in [0.3, 0.4) is 0 Å². The minimum absolute atomic E-state index is 0.0297. The zero-order valence-electron chi connectivity index (χ0n) is 9.93. The van der Waals surface area contributed by atoms with Gasteiger partial charge >= 0.3 is 0 Å². The highest BCUT2D eigenvalue weighted by Gasteiger charge is 2.34. The molecule has 7 heteroatoms. The van der Waals surface area contributed by atoms with Gasteiger partial charge in [0.05, 0.1) is 24.0 Å². The van der Waals surface area contributed by atoms with Crippen molar-refractivity contribution in [3.63, 3.8) is 0 Å². The lowest BCUT2D eigenvalue weighted by atomic mass is 10.1. The molecule has 0 aromatic carbocycles. The molecule has 0 aliphatic carbocycles. The molecule has 0 bridgehead atoms. The lowest BCUT2D eigenvalue weighted by molar-refractivity contribution is -0.134. The summed E-state index contributed by atoms with van der Waals surface area (Å²) in [6, 6.07) is 3.53. The maximum atomic E-state index is 12.1. The van der Waals surface area contributed by atoms with E-state index in [0.717, 1.165) is 0 Å². The molecule has 0 unspecified atom stereocenters. The molecule has 0 N–H and O–H groups in total. The van der Waals surface area contributed by atoms with Gasteiger partial charge in [0.2, 0.25) is 5.91 Å². The van der Waals surface area contributed by atoms with Crippen LogP contribution in [0.25, 0.3) is 0 Å². The Balaban J connectivity index is 1.97. The molecule has 1 atom stereocenters. The van der Waals surface area contributed by atoms with E-state index in [2.05, 4.69) is 15.9 Å². The molecule has 1 amide bonds. The van der Waals surface area contributed by atoms with Gasteiger partial charge in [-0.25, -0.2) is 8.42 Å². The van der Waals surface area contributed by atoms with Crippen LogP contribution in [0, 0.1) is 5.92 Å². The van der Waals surface area contributed by atoms with Gasteiger partial charge in [-0.2, -0.15) is 0 Å². The predicted molar refractivity (Wildman–Crippen MR) is 69.6 cm³/mol. The summed E-state index contributed by atoms with van der Waals surface area (Å²) < 4.78 is 28.6. The fourth-order valence-electron chi connectivity index (χ4n) is 2.05. The first-order chi connectivity index (χ1) is 8.37. The molecule has 0 radical (unpaired) electrons. The molecule has 1 aliphatic heterocycles. The number of halogens is 1. The summed E-state index contributed by atoms with van der Waals surface area (Å²) in [7, 11) is -1.36. The second kappa shape index (κ2) is 5.05. The van der Waals surface area contributed by atoms with Crippen LogP contribution in [0.15, 0.2) is 21.2 Å². The van der Waals surface area contributed by atoms with E-state index < -0.39 is 15.8 Å². The van der Waals surface area contributed by atoms with Crippen molar-refractivity contribution in [2.45, 2.75) is 13.0 Å². The maximum Gasteiger partial charge on any atom is 0.226 e. The first-order valence-corrected chi connectivity index (χ1v) is 8.18. The van der Waals surface area contributed by atoms with E-state index in [0.29, 0.717) is 23.4 Å². The molecule has 5 nitrogen and oxygen atoms in total.